The third-order valence-electron chi connectivity index (χ3n) is 3.95. The monoisotopic (exact) mass is 343 g/mol. The van der Waals surface area contributed by atoms with Gasteiger partial charge in [-0.05, 0) is 24.6 Å². The lowest BCUT2D eigenvalue weighted by Gasteiger charge is -2.11. The van der Waals surface area contributed by atoms with Crippen molar-refractivity contribution in [1.82, 2.24) is 15.0 Å². The van der Waals surface area contributed by atoms with E-state index < -0.39 is 23.1 Å². The van der Waals surface area contributed by atoms with Gasteiger partial charge in [0.2, 0.25) is 17.6 Å². The van der Waals surface area contributed by atoms with Crippen LogP contribution in [0.25, 0.3) is 11.4 Å². The van der Waals surface area contributed by atoms with Crippen molar-refractivity contribution < 1.29 is 26.9 Å². The van der Waals surface area contributed by atoms with Crippen molar-refractivity contribution in [3.05, 3.63) is 35.5 Å². The molecule has 0 unspecified atom stereocenters. The molecule has 1 saturated heterocycles. The van der Waals surface area contributed by atoms with E-state index in [0.29, 0.717) is 25.6 Å². The molecule has 2 heterocycles. The molecule has 0 bridgehead atoms. The van der Waals surface area contributed by atoms with Crippen LogP contribution in [0.1, 0.15) is 30.7 Å². The Morgan fingerprint density at radius 1 is 1.38 bits per heavy atom. The maximum absolute atomic E-state index is 13.4. The Hall–Kier alpha value is -2.45. The molecule has 3 rings (SSSR count). The SMILES string of the molecule is CC(=O)N1CC[C@H](c2nc(-c3cc(F)ccc3C(F)(F)F)no2)C1. The third kappa shape index (κ3) is 3.10. The number of carbonyl (C=O) groups is 1. The predicted molar refractivity (Wildman–Crippen MR) is 74.3 cm³/mol. The van der Waals surface area contributed by atoms with Crippen molar-refractivity contribution in [3.8, 4) is 11.4 Å². The number of aromatic nitrogens is 2. The van der Waals surface area contributed by atoms with Gasteiger partial charge in [-0.3, -0.25) is 4.79 Å². The van der Waals surface area contributed by atoms with Crippen molar-refractivity contribution in [2.45, 2.75) is 25.4 Å². The van der Waals surface area contributed by atoms with Crippen LogP contribution in [0.15, 0.2) is 22.7 Å². The number of likely N-dealkylation sites (tertiary alicyclic amines) is 1. The summed E-state index contributed by atoms with van der Waals surface area (Å²) >= 11 is 0. The number of amides is 1. The van der Waals surface area contributed by atoms with E-state index in [4.69, 9.17) is 4.52 Å². The zero-order valence-corrected chi connectivity index (χ0v) is 12.6. The van der Waals surface area contributed by atoms with Crippen LogP contribution in [-0.4, -0.2) is 34.0 Å². The molecule has 1 aromatic heterocycles. The molecular formula is C15H13F4N3O2. The second kappa shape index (κ2) is 5.88. The Labute approximate surface area is 134 Å². The summed E-state index contributed by atoms with van der Waals surface area (Å²) < 4.78 is 57.6. The van der Waals surface area contributed by atoms with Gasteiger partial charge in [0.1, 0.15) is 5.82 Å². The van der Waals surface area contributed by atoms with Crippen LogP contribution in [0.4, 0.5) is 17.6 Å². The van der Waals surface area contributed by atoms with Crippen LogP contribution >= 0.6 is 0 Å². The Bertz CT molecular complexity index is 772. The van der Waals surface area contributed by atoms with Gasteiger partial charge in [0, 0.05) is 25.6 Å². The van der Waals surface area contributed by atoms with Gasteiger partial charge in [-0.25, -0.2) is 4.39 Å². The molecule has 0 aliphatic carbocycles. The van der Waals surface area contributed by atoms with E-state index in [1.807, 2.05) is 0 Å². The Kier molecular flexibility index (Phi) is 4.02. The fraction of sp³-hybridized carbons (Fsp3) is 0.400. The van der Waals surface area contributed by atoms with Gasteiger partial charge in [0.15, 0.2) is 0 Å². The summed E-state index contributed by atoms with van der Waals surface area (Å²) in [6, 6.07) is 2.11. The first-order valence-corrected chi connectivity index (χ1v) is 7.22. The summed E-state index contributed by atoms with van der Waals surface area (Å²) in [5.74, 6) is -1.34. The van der Waals surface area contributed by atoms with E-state index in [0.717, 1.165) is 12.1 Å². The molecule has 0 N–H and O–H groups in total. The molecule has 1 atom stereocenters. The van der Waals surface area contributed by atoms with E-state index >= 15 is 0 Å². The van der Waals surface area contributed by atoms with Gasteiger partial charge in [-0.15, -0.1) is 0 Å². The number of carbonyl (C=O) groups excluding carboxylic acids is 1. The second-order valence-electron chi connectivity index (χ2n) is 5.59. The fourth-order valence-corrected chi connectivity index (χ4v) is 2.71. The standard InChI is InChI=1S/C15H13F4N3O2/c1-8(23)22-5-4-9(7-22)14-20-13(21-24-14)11-6-10(16)2-3-12(11)15(17,18)19/h2-3,6,9H,4-5,7H2,1H3/t9-/m0/s1. The normalized spacial score (nSPS) is 18.2. The Balaban J connectivity index is 1.92. The largest absolute Gasteiger partial charge is 0.417 e. The first-order valence-electron chi connectivity index (χ1n) is 7.22. The molecule has 5 nitrogen and oxygen atoms in total. The van der Waals surface area contributed by atoms with Crippen LogP contribution < -0.4 is 0 Å². The molecule has 1 aliphatic heterocycles. The van der Waals surface area contributed by atoms with E-state index in [2.05, 4.69) is 10.1 Å². The third-order valence-corrected chi connectivity index (χ3v) is 3.95. The number of hydrogen-bond donors (Lipinski definition) is 0. The van der Waals surface area contributed by atoms with Crippen molar-refractivity contribution in [2.24, 2.45) is 0 Å². The lowest BCUT2D eigenvalue weighted by Crippen LogP contribution is -2.25. The van der Waals surface area contributed by atoms with Crippen molar-refractivity contribution in [3.63, 3.8) is 0 Å². The zero-order chi connectivity index (χ0) is 17.5. The summed E-state index contributed by atoms with van der Waals surface area (Å²) in [7, 11) is 0. The van der Waals surface area contributed by atoms with Gasteiger partial charge in [0.05, 0.1) is 11.5 Å². The molecule has 1 aliphatic rings. The molecule has 0 saturated carbocycles. The maximum atomic E-state index is 13.4. The van der Waals surface area contributed by atoms with E-state index in [9.17, 15) is 22.4 Å². The first kappa shape index (κ1) is 16.4. The average Bonchev–Trinajstić information content (AvgIpc) is 3.15. The fourth-order valence-electron chi connectivity index (χ4n) is 2.71. The smallest absolute Gasteiger partial charge is 0.342 e. The number of nitrogens with zero attached hydrogens (tertiary/aromatic N) is 3. The molecule has 9 heteroatoms. The van der Waals surface area contributed by atoms with Gasteiger partial charge < -0.3 is 9.42 Å². The minimum absolute atomic E-state index is 0.0956. The van der Waals surface area contributed by atoms with Gasteiger partial charge in [0.25, 0.3) is 0 Å². The quantitative estimate of drug-likeness (QED) is 0.786. The number of hydrogen-bond acceptors (Lipinski definition) is 4. The van der Waals surface area contributed by atoms with Crippen molar-refractivity contribution in [1.29, 1.82) is 0 Å². The molecule has 24 heavy (non-hydrogen) atoms. The molecule has 0 radical (unpaired) electrons. The van der Waals surface area contributed by atoms with Gasteiger partial charge in [-0.1, -0.05) is 5.16 Å². The van der Waals surface area contributed by atoms with E-state index in [-0.39, 0.29) is 23.5 Å². The summed E-state index contributed by atoms with van der Waals surface area (Å²) in [4.78, 5) is 16.9. The highest BCUT2D eigenvalue weighted by Gasteiger charge is 2.36. The molecule has 1 amide bonds. The van der Waals surface area contributed by atoms with Crippen LogP contribution in [-0.2, 0) is 11.0 Å². The molecule has 2 aromatic rings. The van der Waals surface area contributed by atoms with Crippen LogP contribution in [0, 0.1) is 5.82 Å². The van der Waals surface area contributed by atoms with Crippen LogP contribution in [0.3, 0.4) is 0 Å². The number of benzene rings is 1. The lowest BCUT2D eigenvalue weighted by molar-refractivity contribution is -0.137. The minimum Gasteiger partial charge on any atom is -0.342 e. The number of rotatable bonds is 2. The van der Waals surface area contributed by atoms with Crippen molar-refractivity contribution >= 4 is 5.91 Å². The van der Waals surface area contributed by atoms with Gasteiger partial charge >= 0.3 is 6.18 Å². The summed E-state index contributed by atoms with van der Waals surface area (Å²) in [5, 5.41) is 3.56. The number of halogens is 4. The lowest BCUT2D eigenvalue weighted by atomic mass is 10.1. The van der Waals surface area contributed by atoms with Crippen LogP contribution in [0.2, 0.25) is 0 Å². The molecule has 1 aromatic carbocycles. The minimum atomic E-state index is -4.66. The maximum Gasteiger partial charge on any atom is 0.417 e. The zero-order valence-electron chi connectivity index (χ0n) is 12.6. The molecule has 128 valence electrons. The average molecular weight is 343 g/mol. The summed E-state index contributed by atoms with van der Waals surface area (Å²) in [6.07, 6.45) is -4.08. The number of alkyl halides is 3. The molecule has 0 spiro atoms. The van der Waals surface area contributed by atoms with Gasteiger partial charge in [-0.2, -0.15) is 18.2 Å². The first-order chi connectivity index (χ1) is 11.3. The molecule has 1 fully saturated rings. The predicted octanol–water partition coefficient (Wildman–Crippen LogP) is 3.23. The Morgan fingerprint density at radius 3 is 2.75 bits per heavy atom. The topological polar surface area (TPSA) is 59.2 Å². The Morgan fingerprint density at radius 2 is 2.12 bits per heavy atom. The van der Waals surface area contributed by atoms with Crippen LogP contribution in [0.5, 0.6) is 0 Å². The van der Waals surface area contributed by atoms with Crippen molar-refractivity contribution in [2.75, 3.05) is 13.1 Å². The highest BCUT2D eigenvalue weighted by molar-refractivity contribution is 5.73. The molecular weight excluding hydrogens is 330 g/mol. The summed E-state index contributed by atoms with van der Waals surface area (Å²) in [6.45, 7) is 2.32. The highest BCUT2D eigenvalue weighted by Crippen LogP contribution is 2.37. The van der Waals surface area contributed by atoms with E-state index in [1.54, 1.807) is 4.90 Å². The highest BCUT2D eigenvalue weighted by atomic mass is 19.4. The second-order valence-corrected chi connectivity index (χ2v) is 5.59. The summed E-state index contributed by atoms with van der Waals surface area (Å²) in [5.41, 5.74) is -1.51. The van der Waals surface area contributed by atoms with E-state index in [1.165, 1.54) is 6.92 Å².